The Kier molecular flexibility index (Phi) is 4.10. The topological polar surface area (TPSA) is 60.1 Å². The number of pyridine rings is 1. The summed E-state index contributed by atoms with van der Waals surface area (Å²) in [4.78, 5) is 5.61. The lowest BCUT2D eigenvalue weighted by Gasteiger charge is -2.34. The molecule has 0 bridgehead atoms. The normalized spacial score (nSPS) is 22.6. The molecule has 3 rings (SSSR count). The van der Waals surface area contributed by atoms with Gasteiger partial charge in [0.15, 0.2) is 6.10 Å². The highest BCUT2D eigenvalue weighted by molar-refractivity contribution is 5.89. The molecule has 1 aliphatic heterocycles. The Labute approximate surface area is 137 Å². The van der Waals surface area contributed by atoms with Gasteiger partial charge in [0.1, 0.15) is 11.8 Å². The molecule has 3 unspecified atom stereocenters. The zero-order chi connectivity index (χ0) is 17.5. The highest BCUT2D eigenvalue weighted by Crippen LogP contribution is 2.37. The summed E-state index contributed by atoms with van der Waals surface area (Å²) in [6.45, 7) is 1.85. The lowest BCUT2D eigenvalue weighted by Crippen LogP contribution is -2.48. The molecule has 0 amide bonds. The number of rotatable bonds is 2. The Hall–Kier alpha value is -2.33. The molecular weight excluding hydrogens is 319 g/mol. The fraction of sp³-hybridized carbons (Fsp3) is 0.412. The number of hydrogen-bond donors (Lipinski definition) is 1. The first-order chi connectivity index (χ1) is 11.3. The summed E-state index contributed by atoms with van der Waals surface area (Å²) in [7, 11) is 0. The molecule has 1 saturated heterocycles. The minimum Gasteiger partial charge on any atom is -0.382 e. The quantitative estimate of drug-likeness (QED) is 0.914. The van der Waals surface area contributed by atoms with E-state index in [1.807, 2.05) is 13.0 Å². The number of aliphatic hydroxyl groups is 1. The molecule has 1 fully saturated rings. The Morgan fingerprint density at radius 1 is 1.33 bits per heavy atom. The first-order valence-electron chi connectivity index (χ1n) is 7.65. The Balaban J connectivity index is 2.03. The summed E-state index contributed by atoms with van der Waals surface area (Å²) < 4.78 is 38.8. The maximum Gasteiger partial charge on any atom is 0.416 e. The number of halogens is 3. The van der Waals surface area contributed by atoms with E-state index in [-0.39, 0.29) is 18.2 Å². The van der Waals surface area contributed by atoms with E-state index in [0.717, 1.165) is 5.39 Å². The highest BCUT2D eigenvalue weighted by atomic mass is 19.4. The Bertz CT molecular complexity index is 800. The van der Waals surface area contributed by atoms with Crippen molar-refractivity contribution in [2.75, 3.05) is 4.90 Å². The molecule has 1 aromatic carbocycles. The average molecular weight is 335 g/mol. The molecule has 126 valence electrons. The molecule has 2 heterocycles. The first-order valence-corrected chi connectivity index (χ1v) is 7.65. The van der Waals surface area contributed by atoms with E-state index in [2.05, 4.69) is 4.98 Å². The first kappa shape index (κ1) is 16.5. The van der Waals surface area contributed by atoms with Crippen LogP contribution in [0.1, 0.15) is 25.5 Å². The molecule has 4 nitrogen and oxygen atoms in total. The van der Waals surface area contributed by atoms with Crippen LogP contribution in [0.4, 0.5) is 18.9 Å². The molecule has 1 aliphatic rings. The molecule has 0 saturated carbocycles. The lowest BCUT2D eigenvalue weighted by atomic mass is 10.1. The summed E-state index contributed by atoms with van der Waals surface area (Å²) in [6, 6.07) is 7.73. The van der Waals surface area contributed by atoms with E-state index >= 15 is 0 Å². The number of hydrogen-bond acceptors (Lipinski definition) is 4. The van der Waals surface area contributed by atoms with Gasteiger partial charge in [0.2, 0.25) is 0 Å². The van der Waals surface area contributed by atoms with Gasteiger partial charge < -0.3 is 10.0 Å². The van der Waals surface area contributed by atoms with E-state index in [1.165, 1.54) is 6.20 Å². The number of aliphatic hydroxyl groups excluding tert-OH is 1. The van der Waals surface area contributed by atoms with Gasteiger partial charge in [-0.2, -0.15) is 18.4 Å². The monoisotopic (exact) mass is 335 g/mol. The van der Waals surface area contributed by atoms with Crippen LogP contribution >= 0.6 is 0 Å². The van der Waals surface area contributed by atoms with E-state index in [9.17, 15) is 18.3 Å². The third-order valence-electron chi connectivity index (χ3n) is 4.56. The number of anilines is 1. The van der Waals surface area contributed by atoms with Crippen LogP contribution in [0.2, 0.25) is 0 Å². The molecule has 1 aromatic heterocycles. The minimum absolute atomic E-state index is 0.110. The second-order valence-corrected chi connectivity index (χ2v) is 6.06. The van der Waals surface area contributed by atoms with Gasteiger partial charge in [-0.05, 0) is 49.4 Å². The minimum atomic E-state index is -4.65. The summed E-state index contributed by atoms with van der Waals surface area (Å²) in [5, 5.41) is 20.2. The molecule has 0 aliphatic carbocycles. The molecule has 1 N–H and O–H groups in total. The fourth-order valence-electron chi connectivity index (χ4n) is 3.41. The molecule has 0 spiro atoms. The average Bonchev–Trinajstić information content (AvgIpc) is 2.93. The second-order valence-electron chi connectivity index (χ2n) is 6.06. The molecule has 2 aromatic rings. The Morgan fingerprint density at radius 2 is 2.08 bits per heavy atom. The van der Waals surface area contributed by atoms with Gasteiger partial charge in [-0.25, -0.2) is 4.98 Å². The number of aromatic nitrogens is 1. The van der Waals surface area contributed by atoms with Crippen LogP contribution in [0.5, 0.6) is 0 Å². The third kappa shape index (κ3) is 2.78. The van der Waals surface area contributed by atoms with Crippen molar-refractivity contribution < 1.29 is 18.3 Å². The van der Waals surface area contributed by atoms with Crippen molar-refractivity contribution in [3.63, 3.8) is 0 Å². The van der Waals surface area contributed by atoms with Crippen molar-refractivity contribution in [1.29, 1.82) is 5.26 Å². The van der Waals surface area contributed by atoms with Crippen LogP contribution < -0.4 is 4.90 Å². The maximum atomic E-state index is 12.9. The zero-order valence-corrected chi connectivity index (χ0v) is 13.0. The SMILES string of the molecule is CC1CCC(C(O)C(F)(F)F)N1c1ccc2c(C#N)nccc2c1. The van der Waals surface area contributed by atoms with Crippen LogP contribution in [-0.2, 0) is 0 Å². The smallest absolute Gasteiger partial charge is 0.382 e. The van der Waals surface area contributed by atoms with Crippen LogP contribution in [-0.4, -0.2) is 34.5 Å². The molecular formula is C17H16F3N3O. The van der Waals surface area contributed by atoms with Crippen molar-refractivity contribution in [3.8, 4) is 6.07 Å². The molecule has 0 radical (unpaired) electrons. The van der Waals surface area contributed by atoms with Gasteiger partial charge in [-0.3, -0.25) is 0 Å². The van der Waals surface area contributed by atoms with Gasteiger partial charge >= 0.3 is 6.18 Å². The van der Waals surface area contributed by atoms with Gasteiger partial charge in [0.05, 0.1) is 6.04 Å². The van der Waals surface area contributed by atoms with Crippen molar-refractivity contribution in [2.45, 2.75) is 44.1 Å². The van der Waals surface area contributed by atoms with Crippen LogP contribution in [0.25, 0.3) is 10.8 Å². The van der Waals surface area contributed by atoms with Crippen molar-refractivity contribution in [2.24, 2.45) is 0 Å². The highest BCUT2D eigenvalue weighted by Gasteiger charge is 2.48. The van der Waals surface area contributed by atoms with Crippen LogP contribution in [0.3, 0.4) is 0 Å². The largest absolute Gasteiger partial charge is 0.416 e. The van der Waals surface area contributed by atoms with E-state index < -0.39 is 18.3 Å². The summed E-state index contributed by atoms with van der Waals surface area (Å²) in [5.74, 6) is 0. The number of alkyl halides is 3. The number of nitrogens with zero attached hydrogens (tertiary/aromatic N) is 3. The van der Waals surface area contributed by atoms with Gasteiger partial charge in [-0.15, -0.1) is 0 Å². The van der Waals surface area contributed by atoms with Crippen molar-refractivity contribution in [3.05, 3.63) is 36.2 Å². The molecule has 24 heavy (non-hydrogen) atoms. The van der Waals surface area contributed by atoms with Crippen molar-refractivity contribution >= 4 is 16.5 Å². The third-order valence-corrected chi connectivity index (χ3v) is 4.56. The predicted octanol–water partition coefficient (Wildman–Crippen LogP) is 3.39. The van der Waals surface area contributed by atoms with E-state index in [4.69, 9.17) is 5.26 Å². The molecule has 7 heteroatoms. The summed E-state index contributed by atoms with van der Waals surface area (Å²) in [6.07, 6.45) is -4.68. The van der Waals surface area contributed by atoms with Gasteiger partial charge in [0.25, 0.3) is 0 Å². The lowest BCUT2D eigenvalue weighted by molar-refractivity contribution is -0.209. The van der Waals surface area contributed by atoms with Gasteiger partial charge in [0, 0.05) is 23.3 Å². The van der Waals surface area contributed by atoms with E-state index in [1.54, 1.807) is 29.2 Å². The standard InChI is InChI=1S/C17H16F3N3O/c1-10-2-5-15(16(24)17(18,19)20)23(10)12-3-4-13-11(8-12)6-7-22-14(13)9-21/h3-4,6-8,10,15-16,24H,2,5H2,1H3. The summed E-state index contributed by atoms with van der Waals surface area (Å²) >= 11 is 0. The second kappa shape index (κ2) is 5.95. The predicted molar refractivity (Wildman–Crippen MR) is 83.5 cm³/mol. The Morgan fingerprint density at radius 3 is 2.75 bits per heavy atom. The van der Waals surface area contributed by atoms with E-state index in [0.29, 0.717) is 17.5 Å². The maximum absolute atomic E-state index is 12.9. The fourth-order valence-corrected chi connectivity index (χ4v) is 3.41. The van der Waals surface area contributed by atoms with Crippen LogP contribution in [0, 0.1) is 11.3 Å². The van der Waals surface area contributed by atoms with Gasteiger partial charge in [-0.1, -0.05) is 0 Å². The molecule has 3 atom stereocenters. The summed E-state index contributed by atoms with van der Waals surface area (Å²) in [5.41, 5.74) is 0.885. The number of benzene rings is 1. The van der Waals surface area contributed by atoms with Crippen molar-refractivity contribution in [1.82, 2.24) is 4.98 Å². The number of fused-ring (bicyclic) bond motifs is 1. The zero-order valence-electron chi connectivity index (χ0n) is 13.0. The van der Waals surface area contributed by atoms with Crippen LogP contribution in [0.15, 0.2) is 30.5 Å². The number of nitriles is 1.